The highest BCUT2D eigenvalue weighted by Gasteiger charge is 2.16. The number of para-hydroxylation sites is 1. The van der Waals surface area contributed by atoms with Crippen LogP contribution < -0.4 is 10.5 Å². The molecule has 0 radical (unpaired) electrons. The van der Waals surface area contributed by atoms with E-state index >= 15 is 0 Å². The lowest BCUT2D eigenvalue weighted by molar-refractivity contribution is -0.106. The number of nitrogens with two attached hydrogens (primary N) is 1. The number of thioether (sulfide) groups is 1. The second-order valence-electron chi connectivity index (χ2n) is 6.73. The molecule has 0 unspecified atom stereocenters. The van der Waals surface area contributed by atoms with Crippen LogP contribution in [-0.4, -0.2) is 24.4 Å². The number of methoxy groups -OCH3 is 1. The van der Waals surface area contributed by atoms with Gasteiger partial charge < -0.3 is 15.6 Å². The lowest BCUT2D eigenvalue weighted by atomic mass is 9.98. The molecule has 0 saturated heterocycles. The number of fused-ring (bicyclic) bond motifs is 1. The summed E-state index contributed by atoms with van der Waals surface area (Å²) in [4.78, 5) is 9.75. The molecule has 1 aliphatic rings. The van der Waals surface area contributed by atoms with Gasteiger partial charge in [-0.15, -0.1) is 11.8 Å². The Morgan fingerprint density at radius 2 is 1.70 bits per heavy atom. The molecule has 5 heteroatoms. The standard InChI is InChI=1S/C24H22O2S.CH3NO/c1-26-23-8-3-2-5-19(23)14-11-17-9-12-18(13-10-17)20-6-4-7-21-22(25)15-16-27-24(20)21;2-1-3/h2-10,12-13,15,25H,11,14,16H2,1H3;1H,(H2,2,3). The Morgan fingerprint density at radius 3 is 2.43 bits per heavy atom. The van der Waals surface area contributed by atoms with E-state index in [9.17, 15) is 5.11 Å². The number of aliphatic hydroxyl groups is 1. The van der Waals surface area contributed by atoms with Crippen molar-refractivity contribution in [2.75, 3.05) is 12.9 Å². The number of ether oxygens (including phenoxy) is 1. The van der Waals surface area contributed by atoms with E-state index in [1.165, 1.54) is 27.1 Å². The van der Waals surface area contributed by atoms with Crippen LogP contribution in [0.5, 0.6) is 5.75 Å². The zero-order chi connectivity index (χ0) is 21.3. The Morgan fingerprint density at radius 1 is 1.00 bits per heavy atom. The van der Waals surface area contributed by atoms with E-state index in [4.69, 9.17) is 9.53 Å². The van der Waals surface area contributed by atoms with Crippen molar-refractivity contribution in [2.24, 2.45) is 5.73 Å². The minimum Gasteiger partial charge on any atom is -0.508 e. The van der Waals surface area contributed by atoms with Crippen LogP contribution in [0.25, 0.3) is 16.9 Å². The number of carbonyl (C=O) groups is 1. The van der Waals surface area contributed by atoms with Gasteiger partial charge in [0.1, 0.15) is 11.5 Å². The van der Waals surface area contributed by atoms with Gasteiger partial charge in [-0.2, -0.15) is 0 Å². The molecule has 0 fully saturated rings. The quantitative estimate of drug-likeness (QED) is 0.554. The Bertz CT molecular complexity index is 1030. The predicted molar refractivity (Wildman–Crippen MR) is 124 cm³/mol. The van der Waals surface area contributed by atoms with E-state index in [1.54, 1.807) is 18.9 Å². The van der Waals surface area contributed by atoms with Crippen molar-refractivity contribution in [2.45, 2.75) is 17.7 Å². The highest BCUT2D eigenvalue weighted by Crippen LogP contribution is 2.39. The zero-order valence-corrected chi connectivity index (χ0v) is 17.7. The second kappa shape index (κ2) is 10.6. The molecule has 4 nitrogen and oxygen atoms in total. The van der Waals surface area contributed by atoms with E-state index in [1.807, 2.05) is 30.3 Å². The number of aryl methyl sites for hydroxylation is 2. The fraction of sp³-hybridized carbons (Fsp3) is 0.160. The minimum atomic E-state index is 0.250. The Balaban J connectivity index is 0.000000806. The van der Waals surface area contributed by atoms with Gasteiger partial charge in [0.15, 0.2) is 0 Å². The first kappa shape index (κ1) is 21.5. The summed E-state index contributed by atoms with van der Waals surface area (Å²) in [5, 5.41) is 10.1. The number of aliphatic hydroxyl groups excluding tert-OH is 1. The van der Waals surface area contributed by atoms with E-state index < -0.39 is 0 Å². The number of rotatable bonds is 5. The highest BCUT2D eigenvalue weighted by atomic mass is 32.2. The number of primary amides is 1. The first-order valence-corrected chi connectivity index (χ1v) is 10.7. The average Bonchev–Trinajstić information content (AvgIpc) is 2.79. The van der Waals surface area contributed by atoms with Crippen LogP contribution in [0.15, 0.2) is 77.7 Å². The van der Waals surface area contributed by atoms with Gasteiger partial charge in [0.05, 0.1) is 7.11 Å². The van der Waals surface area contributed by atoms with Crippen LogP contribution in [0.2, 0.25) is 0 Å². The maximum absolute atomic E-state index is 10.1. The van der Waals surface area contributed by atoms with Crippen molar-refractivity contribution in [1.82, 2.24) is 0 Å². The summed E-state index contributed by atoms with van der Waals surface area (Å²) in [5.74, 6) is 2.15. The fourth-order valence-electron chi connectivity index (χ4n) is 3.47. The van der Waals surface area contributed by atoms with E-state index in [2.05, 4.69) is 48.2 Å². The fourth-order valence-corrected chi connectivity index (χ4v) is 4.55. The maximum Gasteiger partial charge on any atom is 0.204 e. The van der Waals surface area contributed by atoms with E-state index in [0.717, 1.165) is 29.9 Å². The van der Waals surface area contributed by atoms with Crippen LogP contribution in [-0.2, 0) is 17.6 Å². The molecule has 3 N–H and O–H groups in total. The van der Waals surface area contributed by atoms with Gasteiger partial charge in [-0.1, -0.05) is 60.7 Å². The summed E-state index contributed by atoms with van der Waals surface area (Å²) in [6, 6.07) is 23.1. The molecule has 0 saturated carbocycles. The lowest BCUT2D eigenvalue weighted by Gasteiger charge is -2.17. The van der Waals surface area contributed by atoms with Crippen molar-refractivity contribution >= 4 is 23.9 Å². The van der Waals surface area contributed by atoms with Crippen LogP contribution in [0.3, 0.4) is 0 Å². The van der Waals surface area contributed by atoms with Crippen LogP contribution in [0, 0.1) is 0 Å². The topological polar surface area (TPSA) is 72.6 Å². The van der Waals surface area contributed by atoms with Gasteiger partial charge in [-0.25, -0.2) is 0 Å². The Hall–Kier alpha value is -3.18. The Kier molecular flexibility index (Phi) is 7.57. The van der Waals surface area contributed by atoms with E-state index in [0.29, 0.717) is 5.76 Å². The molecule has 1 heterocycles. The summed E-state index contributed by atoms with van der Waals surface area (Å²) in [7, 11) is 1.72. The Labute approximate surface area is 181 Å². The van der Waals surface area contributed by atoms with Crippen molar-refractivity contribution in [3.05, 3.63) is 89.5 Å². The molecule has 4 rings (SSSR count). The zero-order valence-electron chi connectivity index (χ0n) is 16.9. The summed E-state index contributed by atoms with van der Waals surface area (Å²) in [6.07, 6.45) is 4.06. The van der Waals surface area contributed by atoms with Crippen LogP contribution in [0.1, 0.15) is 16.7 Å². The minimum absolute atomic E-state index is 0.250. The van der Waals surface area contributed by atoms with Gasteiger partial charge in [0.2, 0.25) is 6.41 Å². The van der Waals surface area contributed by atoms with Gasteiger partial charge in [-0.3, -0.25) is 4.79 Å². The number of hydrogen-bond donors (Lipinski definition) is 2. The smallest absolute Gasteiger partial charge is 0.204 e. The third-order valence-electron chi connectivity index (χ3n) is 4.94. The molecular weight excluding hydrogens is 394 g/mol. The molecule has 0 aliphatic carbocycles. The molecular formula is C25H25NO3S. The van der Waals surface area contributed by atoms with Gasteiger partial charge >= 0.3 is 0 Å². The summed E-state index contributed by atoms with van der Waals surface area (Å²) in [6.45, 7) is 0. The first-order chi connectivity index (χ1) is 14.7. The number of benzene rings is 3. The van der Waals surface area contributed by atoms with Crippen molar-refractivity contribution in [1.29, 1.82) is 0 Å². The lowest BCUT2D eigenvalue weighted by Crippen LogP contribution is -1.97. The van der Waals surface area contributed by atoms with Gasteiger partial charge in [-0.05, 0) is 47.2 Å². The number of hydrogen-bond acceptors (Lipinski definition) is 4. The molecule has 0 spiro atoms. The largest absolute Gasteiger partial charge is 0.508 e. The molecule has 1 amide bonds. The third kappa shape index (κ3) is 5.05. The van der Waals surface area contributed by atoms with Crippen LogP contribution >= 0.6 is 11.8 Å². The molecule has 0 aromatic heterocycles. The summed E-state index contributed by atoms with van der Waals surface area (Å²) < 4.78 is 5.44. The normalized spacial score (nSPS) is 12.1. The number of amides is 1. The highest BCUT2D eigenvalue weighted by molar-refractivity contribution is 7.99. The molecule has 1 aliphatic heterocycles. The molecule has 30 heavy (non-hydrogen) atoms. The first-order valence-electron chi connectivity index (χ1n) is 9.69. The second-order valence-corrected chi connectivity index (χ2v) is 7.76. The van der Waals surface area contributed by atoms with Gasteiger partial charge in [0.25, 0.3) is 0 Å². The van der Waals surface area contributed by atoms with Crippen molar-refractivity contribution in [3.8, 4) is 16.9 Å². The predicted octanol–water partition coefficient (Wildman–Crippen LogP) is 5.25. The van der Waals surface area contributed by atoms with Crippen molar-refractivity contribution < 1.29 is 14.6 Å². The average molecular weight is 420 g/mol. The van der Waals surface area contributed by atoms with E-state index in [-0.39, 0.29) is 6.41 Å². The summed E-state index contributed by atoms with van der Waals surface area (Å²) >= 11 is 1.78. The third-order valence-corrected chi connectivity index (χ3v) is 6.00. The van der Waals surface area contributed by atoms with Crippen LogP contribution in [0.4, 0.5) is 0 Å². The molecule has 0 bridgehead atoms. The molecule has 154 valence electrons. The number of carbonyl (C=O) groups excluding carboxylic acids is 1. The van der Waals surface area contributed by atoms with Gasteiger partial charge in [0, 0.05) is 16.2 Å². The molecule has 3 aromatic carbocycles. The monoisotopic (exact) mass is 419 g/mol. The maximum atomic E-state index is 10.1. The molecule has 0 atom stereocenters. The molecule has 3 aromatic rings. The summed E-state index contributed by atoms with van der Waals surface area (Å²) in [5.41, 5.74) is 10.0. The SMILES string of the molecule is COc1ccccc1CCc1ccc(-c2cccc3c2SCC=C3O)cc1.NC=O. The van der Waals surface area contributed by atoms with Crippen molar-refractivity contribution in [3.63, 3.8) is 0 Å².